The predicted molar refractivity (Wildman–Crippen MR) is 104 cm³/mol. The minimum atomic E-state index is -0.453. The number of hydrogen-bond acceptors (Lipinski definition) is 4. The van der Waals surface area contributed by atoms with E-state index in [2.05, 4.69) is 16.0 Å². The Morgan fingerprint density at radius 3 is 2.80 bits per heavy atom. The molecule has 138 valence electrons. The normalized spacial score (nSPS) is 17.9. The third kappa shape index (κ3) is 7.48. The highest BCUT2D eigenvalue weighted by Gasteiger charge is 2.21. The maximum Gasteiger partial charge on any atom is 0.242 e. The first-order valence-corrected chi connectivity index (χ1v) is 10.4. The van der Waals surface area contributed by atoms with Crippen LogP contribution in [-0.2, 0) is 16.0 Å². The molecular formula is C19H29N3O2S. The lowest BCUT2D eigenvalue weighted by molar-refractivity contribution is -0.128. The van der Waals surface area contributed by atoms with Crippen molar-refractivity contribution >= 4 is 23.6 Å². The lowest BCUT2D eigenvalue weighted by Crippen LogP contribution is -2.47. The second-order valence-corrected chi connectivity index (χ2v) is 7.49. The van der Waals surface area contributed by atoms with Gasteiger partial charge in [0.2, 0.25) is 11.8 Å². The van der Waals surface area contributed by atoms with Gasteiger partial charge < -0.3 is 16.0 Å². The summed E-state index contributed by atoms with van der Waals surface area (Å²) in [5.74, 6) is 1.32. The lowest BCUT2D eigenvalue weighted by atomic mass is 10.1. The molecule has 6 heteroatoms. The Hall–Kier alpha value is -1.53. The summed E-state index contributed by atoms with van der Waals surface area (Å²) in [6, 6.07) is 9.15. The Morgan fingerprint density at radius 2 is 2.12 bits per heavy atom. The summed E-state index contributed by atoms with van der Waals surface area (Å²) >= 11 is 1.68. The number of carbonyl (C=O) groups excluding carboxylic acids is 2. The van der Waals surface area contributed by atoms with E-state index in [9.17, 15) is 9.59 Å². The molecule has 3 N–H and O–H groups in total. The van der Waals surface area contributed by atoms with E-state index in [0.29, 0.717) is 25.3 Å². The molecule has 5 nitrogen and oxygen atoms in total. The highest BCUT2D eigenvalue weighted by Crippen LogP contribution is 2.11. The van der Waals surface area contributed by atoms with Crippen molar-refractivity contribution in [1.29, 1.82) is 0 Å². The van der Waals surface area contributed by atoms with Crippen LogP contribution in [0.3, 0.4) is 0 Å². The second-order valence-electron chi connectivity index (χ2n) is 6.50. The first-order chi connectivity index (χ1) is 12.2. The molecule has 2 unspecified atom stereocenters. The summed E-state index contributed by atoms with van der Waals surface area (Å²) in [4.78, 5) is 24.7. The highest BCUT2D eigenvalue weighted by atomic mass is 32.2. The van der Waals surface area contributed by atoms with Crippen molar-refractivity contribution in [2.45, 2.75) is 31.7 Å². The third-order valence-electron chi connectivity index (χ3n) is 4.48. The molecule has 1 saturated heterocycles. The summed E-state index contributed by atoms with van der Waals surface area (Å²) in [5.41, 5.74) is 0.956. The van der Waals surface area contributed by atoms with E-state index in [1.54, 1.807) is 11.8 Å². The predicted octanol–water partition coefficient (Wildman–Crippen LogP) is 1.58. The van der Waals surface area contributed by atoms with Crippen LogP contribution in [-0.4, -0.2) is 49.5 Å². The zero-order valence-corrected chi connectivity index (χ0v) is 15.7. The van der Waals surface area contributed by atoms with Crippen LogP contribution in [0.1, 0.15) is 24.8 Å². The summed E-state index contributed by atoms with van der Waals surface area (Å²) in [6.45, 7) is 2.79. The van der Waals surface area contributed by atoms with Gasteiger partial charge >= 0.3 is 0 Å². The van der Waals surface area contributed by atoms with Crippen molar-refractivity contribution in [3.05, 3.63) is 35.9 Å². The Labute approximate surface area is 154 Å². The molecule has 1 aliphatic rings. The van der Waals surface area contributed by atoms with Gasteiger partial charge in [0, 0.05) is 6.54 Å². The maximum atomic E-state index is 12.5. The fourth-order valence-electron chi connectivity index (χ4n) is 3.01. The topological polar surface area (TPSA) is 70.2 Å². The van der Waals surface area contributed by atoms with Crippen molar-refractivity contribution in [3.63, 3.8) is 0 Å². The molecule has 0 radical (unpaired) electrons. The molecule has 2 amide bonds. The maximum absolute atomic E-state index is 12.5. The zero-order valence-electron chi connectivity index (χ0n) is 14.9. The Kier molecular flexibility index (Phi) is 8.83. The van der Waals surface area contributed by atoms with Gasteiger partial charge in [-0.05, 0) is 55.8 Å². The van der Waals surface area contributed by atoms with E-state index in [-0.39, 0.29) is 11.8 Å². The molecule has 25 heavy (non-hydrogen) atoms. The van der Waals surface area contributed by atoms with Crippen molar-refractivity contribution in [3.8, 4) is 0 Å². The van der Waals surface area contributed by atoms with E-state index >= 15 is 0 Å². The molecule has 1 aromatic carbocycles. The lowest BCUT2D eigenvalue weighted by Gasteiger charge is -2.19. The van der Waals surface area contributed by atoms with Crippen molar-refractivity contribution < 1.29 is 9.59 Å². The van der Waals surface area contributed by atoms with Crippen molar-refractivity contribution in [2.24, 2.45) is 5.92 Å². The Morgan fingerprint density at radius 1 is 1.32 bits per heavy atom. The van der Waals surface area contributed by atoms with Crippen molar-refractivity contribution in [1.82, 2.24) is 16.0 Å². The number of hydrogen-bond donors (Lipinski definition) is 3. The van der Waals surface area contributed by atoms with Crippen LogP contribution in [0.25, 0.3) is 0 Å². The summed E-state index contributed by atoms with van der Waals surface area (Å²) in [5, 5.41) is 9.24. The van der Waals surface area contributed by atoms with Crippen LogP contribution >= 0.6 is 11.8 Å². The van der Waals surface area contributed by atoms with E-state index in [1.165, 1.54) is 6.42 Å². The van der Waals surface area contributed by atoms with Crippen LogP contribution in [0.15, 0.2) is 30.3 Å². The number of nitrogens with one attached hydrogen (secondary N) is 3. The zero-order chi connectivity index (χ0) is 17.9. The van der Waals surface area contributed by atoms with Crippen molar-refractivity contribution in [2.75, 3.05) is 31.6 Å². The van der Waals surface area contributed by atoms with Crippen LogP contribution in [0.2, 0.25) is 0 Å². The largest absolute Gasteiger partial charge is 0.354 e. The Balaban J connectivity index is 1.79. The van der Waals surface area contributed by atoms with Gasteiger partial charge in [-0.2, -0.15) is 11.8 Å². The molecule has 0 aliphatic carbocycles. The van der Waals surface area contributed by atoms with Crippen LogP contribution in [0.4, 0.5) is 0 Å². The van der Waals surface area contributed by atoms with E-state index in [4.69, 9.17) is 0 Å². The first kappa shape index (κ1) is 19.8. The summed E-state index contributed by atoms with van der Waals surface area (Å²) in [7, 11) is 0. The van der Waals surface area contributed by atoms with Gasteiger partial charge in [-0.15, -0.1) is 0 Å². The quantitative estimate of drug-likeness (QED) is 0.590. The van der Waals surface area contributed by atoms with Gasteiger partial charge in [-0.3, -0.25) is 9.59 Å². The molecule has 0 saturated carbocycles. The summed E-state index contributed by atoms with van der Waals surface area (Å²) < 4.78 is 0. The Bertz CT molecular complexity index is 533. The van der Waals surface area contributed by atoms with Gasteiger partial charge in [0.05, 0.1) is 6.42 Å². The molecule has 2 rings (SSSR count). The van der Waals surface area contributed by atoms with Gasteiger partial charge in [0.15, 0.2) is 0 Å². The van der Waals surface area contributed by atoms with Gasteiger partial charge in [-0.1, -0.05) is 30.3 Å². The first-order valence-electron chi connectivity index (χ1n) is 8.99. The van der Waals surface area contributed by atoms with E-state index < -0.39 is 6.04 Å². The molecule has 1 fully saturated rings. The van der Waals surface area contributed by atoms with Crippen LogP contribution in [0, 0.1) is 5.92 Å². The molecule has 1 heterocycles. The number of thioether (sulfide) groups is 1. The molecule has 1 aliphatic heterocycles. The third-order valence-corrected chi connectivity index (χ3v) is 5.13. The molecule has 0 aromatic heterocycles. The van der Waals surface area contributed by atoms with Gasteiger partial charge in [0.25, 0.3) is 0 Å². The number of amides is 2. The standard InChI is InChI=1S/C19H29N3O2S/c1-25-12-9-17(19(24)21-11-8-16-7-10-20-14-16)22-18(23)13-15-5-3-2-4-6-15/h2-6,16-17,20H,7-14H2,1H3,(H,21,24)(H,22,23). The molecular weight excluding hydrogens is 334 g/mol. The minimum absolute atomic E-state index is 0.0681. The van der Waals surface area contributed by atoms with Gasteiger partial charge in [0.1, 0.15) is 6.04 Å². The van der Waals surface area contributed by atoms with Crippen LogP contribution in [0.5, 0.6) is 0 Å². The molecule has 0 bridgehead atoms. The molecule has 2 atom stereocenters. The van der Waals surface area contributed by atoms with E-state index in [0.717, 1.165) is 30.8 Å². The highest BCUT2D eigenvalue weighted by molar-refractivity contribution is 7.98. The van der Waals surface area contributed by atoms with Gasteiger partial charge in [-0.25, -0.2) is 0 Å². The fraction of sp³-hybridized carbons (Fsp3) is 0.579. The summed E-state index contributed by atoms with van der Waals surface area (Å²) in [6.07, 6.45) is 5.13. The number of rotatable bonds is 10. The molecule has 1 aromatic rings. The number of carbonyl (C=O) groups is 2. The average molecular weight is 364 g/mol. The SMILES string of the molecule is CSCCC(NC(=O)Cc1ccccc1)C(=O)NCCC1CCNC1. The minimum Gasteiger partial charge on any atom is -0.354 e. The average Bonchev–Trinajstić information content (AvgIpc) is 3.12. The smallest absolute Gasteiger partial charge is 0.242 e. The number of benzene rings is 1. The van der Waals surface area contributed by atoms with Crippen LogP contribution < -0.4 is 16.0 Å². The second kappa shape index (κ2) is 11.2. The molecule has 0 spiro atoms. The van der Waals surface area contributed by atoms with E-state index in [1.807, 2.05) is 36.6 Å². The monoisotopic (exact) mass is 363 g/mol. The fourth-order valence-corrected chi connectivity index (χ4v) is 3.49.